The third-order valence-corrected chi connectivity index (χ3v) is 5.41. The smallest absolute Gasteiger partial charge is 0.0700 e. The summed E-state index contributed by atoms with van der Waals surface area (Å²) in [7, 11) is 0. The van der Waals surface area contributed by atoms with Gasteiger partial charge in [-0.2, -0.15) is 0 Å². The van der Waals surface area contributed by atoms with Crippen LogP contribution in [0.4, 0.5) is 0 Å². The summed E-state index contributed by atoms with van der Waals surface area (Å²) in [5.74, 6) is 1.42. The van der Waals surface area contributed by atoms with Gasteiger partial charge in [0.25, 0.3) is 0 Å². The summed E-state index contributed by atoms with van der Waals surface area (Å²) < 4.78 is 0. The van der Waals surface area contributed by atoms with E-state index >= 15 is 0 Å². The van der Waals surface area contributed by atoms with Crippen molar-refractivity contribution >= 4 is 0 Å². The van der Waals surface area contributed by atoms with Crippen molar-refractivity contribution in [1.29, 1.82) is 0 Å². The first-order valence-corrected chi connectivity index (χ1v) is 7.86. The van der Waals surface area contributed by atoms with E-state index in [1.165, 1.54) is 45.1 Å². The number of piperidine rings is 1. The Bertz CT molecular complexity index is 314. The van der Waals surface area contributed by atoms with Crippen molar-refractivity contribution in [2.24, 2.45) is 11.8 Å². The van der Waals surface area contributed by atoms with Crippen LogP contribution in [-0.2, 0) is 0 Å². The van der Waals surface area contributed by atoms with Crippen molar-refractivity contribution in [3.63, 3.8) is 0 Å². The van der Waals surface area contributed by atoms with Crippen LogP contribution in [0.1, 0.15) is 51.4 Å². The lowest BCUT2D eigenvalue weighted by atomic mass is 9.71. The van der Waals surface area contributed by atoms with Gasteiger partial charge in [-0.3, -0.25) is 0 Å². The van der Waals surface area contributed by atoms with Crippen molar-refractivity contribution < 1.29 is 5.11 Å². The molecule has 2 fully saturated rings. The van der Waals surface area contributed by atoms with Crippen LogP contribution in [0.25, 0.3) is 0 Å². The molecule has 1 aliphatic heterocycles. The molecule has 0 aromatic carbocycles. The summed E-state index contributed by atoms with van der Waals surface area (Å²) in [6.07, 6.45) is 14.5. The van der Waals surface area contributed by atoms with Crippen molar-refractivity contribution in [3.8, 4) is 0 Å². The molecule has 2 heteroatoms. The summed E-state index contributed by atoms with van der Waals surface area (Å²) >= 11 is 0. The quantitative estimate of drug-likeness (QED) is 0.761. The van der Waals surface area contributed by atoms with E-state index in [0.29, 0.717) is 5.92 Å². The van der Waals surface area contributed by atoms with Gasteiger partial charge in [0, 0.05) is 25.6 Å². The predicted octanol–water partition coefficient (Wildman–Crippen LogP) is 2.97. The van der Waals surface area contributed by atoms with Crippen molar-refractivity contribution in [2.45, 2.75) is 57.0 Å². The highest BCUT2D eigenvalue weighted by Gasteiger charge is 2.42. The summed E-state index contributed by atoms with van der Waals surface area (Å²) in [5.41, 5.74) is -0.304. The fourth-order valence-corrected chi connectivity index (χ4v) is 4.19. The highest BCUT2D eigenvalue weighted by molar-refractivity contribution is 4.97. The molecule has 1 saturated carbocycles. The van der Waals surface area contributed by atoms with Gasteiger partial charge in [-0.05, 0) is 44.4 Å². The van der Waals surface area contributed by atoms with Gasteiger partial charge in [-0.15, -0.1) is 0 Å². The van der Waals surface area contributed by atoms with Crippen molar-refractivity contribution in [2.75, 3.05) is 19.6 Å². The third kappa shape index (κ3) is 2.65. The Morgan fingerprint density at radius 1 is 1.17 bits per heavy atom. The Kier molecular flexibility index (Phi) is 3.76. The fourth-order valence-electron chi connectivity index (χ4n) is 4.19. The molecule has 18 heavy (non-hydrogen) atoms. The van der Waals surface area contributed by atoms with Crippen LogP contribution in [-0.4, -0.2) is 35.2 Å². The van der Waals surface area contributed by atoms with Gasteiger partial charge in [-0.1, -0.05) is 25.0 Å². The van der Waals surface area contributed by atoms with Gasteiger partial charge in [0.2, 0.25) is 0 Å². The predicted molar refractivity (Wildman–Crippen MR) is 74.4 cm³/mol. The Hall–Kier alpha value is -0.340. The first kappa shape index (κ1) is 12.7. The number of fused-ring (bicyclic) bond motifs is 1. The molecule has 102 valence electrons. The molecule has 1 saturated heterocycles. The molecular weight excluding hydrogens is 222 g/mol. The van der Waals surface area contributed by atoms with Crippen LogP contribution in [0.5, 0.6) is 0 Å². The van der Waals surface area contributed by atoms with E-state index in [4.69, 9.17) is 0 Å². The Morgan fingerprint density at radius 2 is 2.11 bits per heavy atom. The number of nitrogens with zero attached hydrogens (tertiary/aromatic N) is 1. The van der Waals surface area contributed by atoms with Crippen LogP contribution in [0.3, 0.4) is 0 Å². The second kappa shape index (κ2) is 5.34. The molecule has 2 aliphatic carbocycles. The molecule has 3 aliphatic rings. The fraction of sp³-hybridized carbons (Fsp3) is 0.875. The minimum Gasteiger partial charge on any atom is -0.390 e. The van der Waals surface area contributed by atoms with Crippen LogP contribution in [0, 0.1) is 11.8 Å². The number of rotatable bonds is 2. The first-order chi connectivity index (χ1) is 8.76. The molecule has 0 radical (unpaired) electrons. The zero-order valence-electron chi connectivity index (χ0n) is 11.5. The van der Waals surface area contributed by atoms with Crippen LogP contribution >= 0.6 is 0 Å². The molecule has 0 aromatic rings. The van der Waals surface area contributed by atoms with E-state index in [1.807, 2.05) is 0 Å². The third-order valence-electron chi connectivity index (χ3n) is 5.41. The van der Waals surface area contributed by atoms with Crippen molar-refractivity contribution in [1.82, 2.24) is 4.90 Å². The van der Waals surface area contributed by atoms with Crippen LogP contribution < -0.4 is 0 Å². The van der Waals surface area contributed by atoms with Crippen molar-refractivity contribution in [3.05, 3.63) is 12.2 Å². The molecule has 1 N–H and O–H groups in total. The van der Waals surface area contributed by atoms with E-state index in [0.717, 1.165) is 31.8 Å². The SMILES string of the molecule is OC12CCCCC1CN(CC1CC=CCC1)CC2. The van der Waals surface area contributed by atoms with Gasteiger partial charge in [0.15, 0.2) is 0 Å². The van der Waals surface area contributed by atoms with E-state index in [-0.39, 0.29) is 5.60 Å². The van der Waals surface area contributed by atoms with E-state index in [2.05, 4.69) is 17.1 Å². The minimum absolute atomic E-state index is 0.304. The normalized spacial score (nSPS) is 41.6. The molecule has 3 rings (SSSR count). The van der Waals surface area contributed by atoms with Gasteiger partial charge in [0.05, 0.1) is 5.60 Å². The Morgan fingerprint density at radius 3 is 2.94 bits per heavy atom. The average Bonchev–Trinajstić information content (AvgIpc) is 2.40. The maximum absolute atomic E-state index is 10.7. The molecule has 3 unspecified atom stereocenters. The second-order valence-electron chi connectivity index (χ2n) is 6.71. The Balaban J connectivity index is 1.55. The minimum atomic E-state index is -0.304. The molecule has 0 bridgehead atoms. The van der Waals surface area contributed by atoms with Crippen LogP contribution in [0.15, 0.2) is 12.2 Å². The highest BCUT2D eigenvalue weighted by atomic mass is 16.3. The molecule has 0 aromatic heterocycles. The lowest BCUT2D eigenvalue weighted by Crippen LogP contribution is -2.54. The monoisotopic (exact) mass is 249 g/mol. The molecule has 3 atom stereocenters. The maximum atomic E-state index is 10.7. The topological polar surface area (TPSA) is 23.5 Å². The van der Waals surface area contributed by atoms with Crippen LogP contribution in [0.2, 0.25) is 0 Å². The summed E-state index contributed by atoms with van der Waals surface area (Å²) in [4.78, 5) is 2.63. The van der Waals surface area contributed by atoms with Gasteiger partial charge in [0.1, 0.15) is 0 Å². The maximum Gasteiger partial charge on any atom is 0.0700 e. The Labute approximate surface area is 111 Å². The number of hydrogen-bond acceptors (Lipinski definition) is 2. The molecule has 0 amide bonds. The number of allylic oxidation sites excluding steroid dienone is 2. The molecule has 0 spiro atoms. The summed E-state index contributed by atoms with van der Waals surface area (Å²) in [6, 6.07) is 0. The second-order valence-corrected chi connectivity index (χ2v) is 6.71. The number of hydrogen-bond donors (Lipinski definition) is 1. The van der Waals surface area contributed by atoms with Gasteiger partial charge < -0.3 is 10.0 Å². The largest absolute Gasteiger partial charge is 0.390 e. The van der Waals surface area contributed by atoms with Gasteiger partial charge >= 0.3 is 0 Å². The standard InChI is InChI=1S/C16H27NO/c18-16-9-5-4-8-15(16)13-17(11-10-16)12-14-6-2-1-3-7-14/h1-2,14-15,18H,3-13H2. The molecular formula is C16H27NO. The molecule has 1 heterocycles. The lowest BCUT2D eigenvalue weighted by molar-refractivity contribution is -0.0972. The van der Waals surface area contributed by atoms with E-state index in [1.54, 1.807) is 0 Å². The first-order valence-electron chi connectivity index (χ1n) is 7.86. The number of aliphatic hydroxyl groups is 1. The van der Waals surface area contributed by atoms with Gasteiger partial charge in [-0.25, -0.2) is 0 Å². The summed E-state index contributed by atoms with van der Waals surface area (Å²) in [5, 5.41) is 10.7. The zero-order valence-corrected chi connectivity index (χ0v) is 11.5. The van der Waals surface area contributed by atoms with E-state index in [9.17, 15) is 5.11 Å². The zero-order chi connectivity index (χ0) is 12.4. The average molecular weight is 249 g/mol. The summed E-state index contributed by atoms with van der Waals surface area (Å²) in [6.45, 7) is 3.53. The lowest BCUT2D eigenvalue weighted by Gasteiger charge is -2.48. The van der Waals surface area contributed by atoms with E-state index < -0.39 is 0 Å². The number of likely N-dealkylation sites (tertiary alicyclic amines) is 1. The highest BCUT2D eigenvalue weighted by Crippen LogP contribution is 2.40. The molecule has 2 nitrogen and oxygen atoms in total.